The summed E-state index contributed by atoms with van der Waals surface area (Å²) in [7, 11) is 3.05. The number of methoxy groups -OCH3 is 1. The average Bonchev–Trinajstić information content (AvgIpc) is 2.60. The van der Waals surface area contributed by atoms with E-state index in [0.29, 0.717) is 36.8 Å². The van der Waals surface area contributed by atoms with E-state index >= 15 is 0 Å². The first kappa shape index (κ1) is 17.7. The molecule has 7 heteroatoms. The number of ether oxygens (including phenoxy) is 1. The first-order valence-corrected chi connectivity index (χ1v) is 7.78. The van der Waals surface area contributed by atoms with Crippen LogP contribution in [-0.4, -0.2) is 47.3 Å². The van der Waals surface area contributed by atoms with E-state index in [1.165, 1.54) is 13.3 Å². The van der Waals surface area contributed by atoms with Crippen LogP contribution in [-0.2, 0) is 20.9 Å². The maximum Gasteiger partial charge on any atom is 0.305 e. The molecule has 1 amide bonds. The van der Waals surface area contributed by atoms with Crippen LogP contribution < -0.4 is 5.43 Å². The second-order valence-electron chi connectivity index (χ2n) is 5.49. The molecule has 2 rings (SSSR count). The van der Waals surface area contributed by atoms with Crippen LogP contribution in [0.25, 0.3) is 10.9 Å². The fourth-order valence-electron chi connectivity index (χ4n) is 2.42. The zero-order valence-electron chi connectivity index (χ0n) is 13.9. The van der Waals surface area contributed by atoms with Crippen molar-refractivity contribution >= 4 is 22.8 Å². The topological polar surface area (TPSA) is 81.5 Å². The number of benzene rings is 1. The van der Waals surface area contributed by atoms with Crippen molar-refractivity contribution in [2.45, 2.75) is 25.8 Å². The Kier molecular flexibility index (Phi) is 6.06. The van der Waals surface area contributed by atoms with Crippen LogP contribution in [0.5, 0.6) is 0 Å². The highest BCUT2D eigenvalue weighted by Crippen LogP contribution is 2.09. The number of carbonyl (C=O) groups excluding carboxylic acids is 2. The summed E-state index contributed by atoms with van der Waals surface area (Å²) in [6, 6.07) is 7.19. The Morgan fingerprint density at radius 1 is 1.25 bits per heavy atom. The highest BCUT2D eigenvalue weighted by atomic mass is 16.5. The van der Waals surface area contributed by atoms with Gasteiger partial charge in [-0.3, -0.25) is 19.1 Å². The number of amides is 1. The van der Waals surface area contributed by atoms with E-state index in [1.54, 1.807) is 28.8 Å². The molecule has 0 spiro atoms. The highest BCUT2D eigenvalue weighted by Gasteiger charge is 2.11. The molecule has 2 aromatic rings. The normalized spacial score (nSPS) is 10.6. The van der Waals surface area contributed by atoms with Gasteiger partial charge in [-0.25, -0.2) is 0 Å². The van der Waals surface area contributed by atoms with Crippen molar-refractivity contribution in [1.82, 2.24) is 14.7 Å². The van der Waals surface area contributed by atoms with E-state index in [1.807, 2.05) is 12.1 Å². The summed E-state index contributed by atoms with van der Waals surface area (Å²) < 4.78 is 6.23. The van der Waals surface area contributed by atoms with Gasteiger partial charge in [0.2, 0.25) is 11.3 Å². The predicted molar refractivity (Wildman–Crippen MR) is 89.5 cm³/mol. The lowest BCUT2D eigenvalue weighted by atomic mass is 10.2. The van der Waals surface area contributed by atoms with Crippen molar-refractivity contribution in [2.75, 3.05) is 20.7 Å². The second kappa shape index (κ2) is 8.24. The summed E-state index contributed by atoms with van der Waals surface area (Å²) in [5, 5.41) is 4.70. The summed E-state index contributed by atoms with van der Waals surface area (Å²) in [6.07, 6.45) is 2.40. The second-order valence-corrected chi connectivity index (χ2v) is 5.49. The third-order valence-electron chi connectivity index (χ3n) is 3.83. The molecular formula is C17H21N3O4. The first-order valence-electron chi connectivity index (χ1n) is 7.78. The molecule has 0 fully saturated rings. The standard InChI is InChI=1S/C17H21N3O4/c1-19(10-5-8-17(23)24-2)16(22)9-11-20-14-7-4-3-6-13(14)15(21)12-18-20/h3-4,6-7,12H,5,8-11H2,1-2H3. The molecule has 7 nitrogen and oxygen atoms in total. The van der Waals surface area contributed by atoms with Crippen LogP contribution in [0.4, 0.5) is 0 Å². The van der Waals surface area contributed by atoms with E-state index in [0.717, 1.165) is 0 Å². The molecule has 0 N–H and O–H groups in total. The van der Waals surface area contributed by atoms with Crippen molar-refractivity contribution in [2.24, 2.45) is 0 Å². The van der Waals surface area contributed by atoms with Crippen LogP contribution >= 0.6 is 0 Å². The number of aromatic nitrogens is 2. The third kappa shape index (κ3) is 4.41. The number of para-hydroxylation sites is 1. The summed E-state index contributed by atoms with van der Waals surface area (Å²) in [4.78, 5) is 36.6. The number of hydrogen-bond acceptors (Lipinski definition) is 5. The van der Waals surface area contributed by atoms with Gasteiger partial charge in [0, 0.05) is 31.8 Å². The van der Waals surface area contributed by atoms with Gasteiger partial charge in [-0.15, -0.1) is 0 Å². The molecule has 0 aliphatic heterocycles. The van der Waals surface area contributed by atoms with E-state index in [-0.39, 0.29) is 23.7 Å². The Balaban J connectivity index is 1.93. The van der Waals surface area contributed by atoms with Crippen LogP contribution in [0.15, 0.2) is 35.3 Å². The molecule has 1 aromatic carbocycles. The van der Waals surface area contributed by atoms with Crippen LogP contribution in [0, 0.1) is 0 Å². The van der Waals surface area contributed by atoms with Gasteiger partial charge in [0.1, 0.15) is 0 Å². The Labute approximate surface area is 139 Å². The van der Waals surface area contributed by atoms with Gasteiger partial charge in [0.25, 0.3) is 0 Å². The third-order valence-corrected chi connectivity index (χ3v) is 3.83. The number of nitrogens with zero attached hydrogens (tertiary/aromatic N) is 3. The number of esters is 1. The fraction of sp³-hybridized carbons (Fsp3) is 0.412. The predicted octanol–water partition coefficient (Wildman–Crippen LogP) is 1.20. The SMILES string of the molecule is COC(=O)CCCN(C)C(=O)CCn1ncc(=O)c2ccccc21. The minimum absolute atomic E-state index is 0.0375. The quantitative estimate of drug-likeness (QED) is 0.712. The molecule has 1 aromatic heterocycles. The van der Waals surface area contributed by atoms with Crippen molar-refractivity contribution < 1.29 is 14.3 Å². The van der Waals surface area contributed by atoms with Crippen LogP contribution in [0.1, 0.15) is 19.3 Å². The van der Waals surface area contributed by atoms with Gasteiger partial charge < -0.3 is 9.64 Å². The number of carbonyl (C=O) groups is 2. The van der Waals surface area contributed by atoms with E-state index in [4.69, 9.17) is 0 Å². The summed E-state index contributed by atoms with van der Waals surface area (Å²) in [5.74, 6) is -0.316. The average molecular weight is 331 g/mol. The Hall–Kier alpha value is -2.70. The van der Waals surface area contributed by atoms with Gasteiger partial charge >= 0.3 is 5.97 Å². The Bertz CT molecular complexity index is 785. The van der Waals surface area contributed by atoms with Gasteiger partial charge in [0.15, 0.2) is 0 Å². The largest absolute Gasteiger partial charge is 0.469 e. The van der Waals surface area contributed by atoms with Crippen LogP contribution in [0.2, 0.25) is 0 Å². The zero-order valence-corrected chi connectivity index (χ0v) is 13.9. The van der Waals surface area contributed by atoms with Gasteiger partial charge in [-0.1, -0.05) is 12.1 Å². The van der Waals surface area contributed by atoms with E-state index in [9.17, 15) is 14.4 Å². The van der Waals surface area contributed by atoms with Crippen molar-refractivity contribution in [3.05, 3.63) is 40.7 Å². The highest BCUT2D eigenvalue weighted by molar-refractivity contribution is 5.79. The summed E-state index contributed by atoms with van der Waals surface area (Å²) >= 11 is 0. The Morgan fingerprint density at radius 3 is 2.75 bits per heavy atom. The summed E-state index contributed by atoms with van der Waals surface area (Å²) in [6.45, 7) is 0.882. The van der Waals surface area contributed by atoms with E-state index < -0.39 is 0 Å². The maximum absolute atomic E-state index is 12.2. The van der Waals surface area contributed by atoms with Gasteiger partial charge in [-0.2, -0.15) is 5.10 Å². The molecular weight excluding hydrogens is 310 g/mol. The van der Waals surface area contributed by atoms with Crippen molar-refractivity contribution in [3.63, 3.8) is 0 Å². The lowest BCUT2D eigenvalue weighted by Gasteiger charge is -2.17. The minimum Gasteiger partial charge on any atom is -0.469 e. The molecule has 0 aliphatic carbocycles. The molecule has 0 bridgehead atoms. The first-order chi connectivity index (χ1) is 11.5. The number of hydrogen-bond donors (Lipinski definition) is 0. The minimum atomic E-state index is -0.278. The molecule has 0 unspecified atom stereocenters. The fourth-order valence-corrected chi connectivity index (χ4v) is 2.42. The molecule has 0 saturated carbocycles. The number of aryl methyl sites for hydroxylation is 1. The number of fused-ring (bicyclic) bond motifs is 1. The smallest absolute Gasteiger partial charge is 0.305 e. The van der Waals surface area contributed by atoms with Gasteiger partial charge in [0.05, 0.1) is 25.4 Å². The molecule has 24 heavy (non-hydrogen) atoms. The summed E-state index contributed by atoms with van der Waals surface area (Å²) in [5.41, 5.74) is 0.583. The van der Waals surface area contributed by atoms with Crippen LogP contribution in [0.3, 0.4) is 0 Å². The van der Waals surface area contributed by atoms with Gasteiger partial charge in [-0.05, 0) is 18.6 Å². The van der Waals surface area contributed by atoms with Crippen molar-refractivity contribution in [1.29, 1.82) is 0 Å². The Morgan fingerprint density at radius 2 is 2.00 bits per heavy atom. The lowest BCUT2D eigenvalue weighted by Crippen LogP contribution is -2.29. The number of rotatable bonds is 7. The lowest BCUT2D eigenvalue weighted by molar-refractivity contribution is -0.141. The molecule has 0 aliphatic rings. The molecule has 0 saturated heterocycles. The van der Waals surface area contributed by atoms with Crippen molar-refractivity contribution in [3.8, 4) is 0 Å². The molecule has 0 atom stereocenters. The van der Waals surface area contributed by atoms with E-state index in [2.05, 4.69) is 9.84 Å². The monoisotopic (exact) mass is 331 g/mol. The molecule has 0 radical (unpaired) electrons. The molecule has 128 valence electrons. The maximum atomic E-state index is 12.2. The molecule has 1 heterocycles. The zero-order chi connectivity index (χ0) is 17.5.